The molecule has 0 amide bonds. The van der Waals surface area contributed by atoms with Crippen molar-refractivity contribution in [3.05, 3.63) is 35.4 Å². The van der Waals surface area contributed by atoms with E-state index in [9.17, 15) is 4.21 Å². The molecular weight excluding hydrogens is 218 g/mol. The van der Waals surface area contributed by atoms with E-state index in [4.69, 9.17) is 0 Å². The highest BCUT2D eigenvalue weighted by atomic mass is 32.2. The Hall–Kier alpha value is -0.670. The second kappa shape index (κ2) is 7.58. The number of hydrogen-bond donors (Lipinski definition) is 1. The van der Waals surface area contributed by atoms with Crippen molar-refractivity contribution >= 4 is 10.8 Å². The van der Waals surface area contributed by atoms with Crippen LogP contribution in [0.3, 0.4) is 0 Å². The van der Waals surface area contributed by atoms with Gasteiger partial charge in [0.05, 0.1) is 0 Å². The highest BCUT2D eigenvalue weighted by molar-refractivity contribution is 7.84. The van der Waals surface area contributed by atoms with E-state index < -0.39 is 10.8 Å². The molecule has 0 heterocycles. The molecule has 0 aliphatic rings. The summed E-state index contributed by atoms with van der Waals surface area (Å²) in [5, 5.41) is 3.27. The van der Waals surface area contributed by atoms with E-state index in [0.29, 0.717) is 5.75 Å². The van der Waals surface area contributed by atoms with E-state index in [1.165, 1.54) is 11.1 Å². The van der Waals surface area contributed by atoms with E-state index >= 15 is 0 Å². The van der Waals surface area contributed by atoms with Gasteiger partial charge in [0.1, 0.15) is 0 Å². The van der Waals surface area contributed by atoms with Gasteiger partial charge in [0.25, 0.3) is 0 Å². The van der Waals surface area contributed by atoms with E-state index in [0.717, 1.165) is 25.3 Å². The Kier molecular flexibility index (Phi) is 6.34. The van der Waals surface area contributed by atoms with Crippen LogP contribution in [0.5, 0.6) is 0 Å². The van der Waals surface area contributed by atoms with Crippen molar-refractivity contribution < 1.29 is 4.21 Å². The molecule has 0 bridgehead atoms. The Labute approximate surface area is 101 Å². The summed E-state index contributed by atoms with van der Waals surface area (Å²) in [4.78, 5) is 0. The molecule has 1 N–H and O–H groups in total. The first-order chi connectivity index (χ1) is 7.72. The average molecular weight is 239 g/mol. The van der Waals surface area contributed by atoms with Gasteiger partial charge >= 0.3 is 0 Å². The van der Waals surface area contributed by atoms with Crippen molar-refractivity contribution in [2.45, 2.75) is 26.0 Å². The van der Waals surface area contributed by atoms with E-state index in [2.05, 4.69) is 31.3 Å². The maximum atomic E-state index is 11.8. The molecule has 3 heteroatoms. The van der Waals surface area contributed by atoms with Gasteiger partial charge in [-0.2, -0.15) is 0 Å². The van der Waals surface area contributed by atoms with Gasteiger partial charge in [-0.3, -0.25) is 4.21 Å². The second-order valence-electron chi connectivity index (χ2n) is 4.03. The van der Waals surface area contributed by atoms with Crippen molar-refractivity contribution in [3.63, 3.8) is 0 Å². The maximum Gasteiger partial charge on any atom is 0.0486 e. The van der Waals surface area contributed by atoms with Crippen molar-refractivity contribution in [1.82, 2.24) is 5.32 Å². The molecule has 0 saturated heterocycles. The smallest absolute Gasteiger partial charge is 0.0486 e. The predicted octanol–water partition coefficient (Wildman–Crippen LogP) is 2.24. The third-order valence-electron chi connectivity index (χ3n) is 2.34. The molecule has 0 aromatic heterocycles. The molecule has 2 nitrogen and oxygen atoms in total. The van der Waals surface area contributed by atoms with Crippen LogP contribution in [0.15, 0.2) is 24.3 Å². The summed E-state index contributed by atoms with van der Waals surface area (Å²) in [5.41, 5.74) is 2.41. The first-order valence-corrected chi connectivity index (χ1v) is 7.32. The lowest BCUT2D eigenvalue weighted by atomic mass is 10.2. The highest BCUT2D eigenvalue weighted by Crippen LogP contribution is 2.06. The lowest BCUT2D eigenvalue weighted by molar-refractivity contribution is 0.669. The van der Waals surface area contributed by atoms with Crippen LogP contribution in [0.1, 0.15) is 24.5 Å². The molecule has 0 fully saturated rings. The topological polar surface area (TPSA) is 29.1 Å². The second-order valence-corrected chi connectivity index (χ2v) is 5.60. The molecular formula is C13H21NOS. The molecule has 0 aliphatic carbocycles. The fourth-order valence-corrected chi connectivity index (χ4v) is 2.62. The molecule has 1 aromatic carbocycles. The summed E-state index contributed by atoms with van der Waals surface area (Å²) in [6.45, 7) is 6.07. The zero-order chi connectivity index (χ0) is 11.8. The van der Waals surface area contributed by atoms with Gasteiger partial charge in [0.2, 0.25) is 0 Å². The average Bonchev–Trinajstić information content (AvgIpc) is 2.24. The predicted molar refractivity (Wildman–Crippen MR) is 71.1 cm³/mol. The van der Waals surface area contributed by atoms with Crippen LogP contribution in [-0.2, 0) is 16.6 Å². The van der Waals surface area contributed by atoms with Crippen LogP contribution in [0.2, 0.25) is 0 Å². The van der Waals surface area contributed by atoms with Crippen molar-refractivity contribution in [1.29, 1.82) is 0 Å². The summed E-state index contributed by atoms with van der Waals surface area (Å²) >= 11 is 0. The normalized spacial score (nSPS) is 12.6. The number of rotatable bonds is 7. The first-order valence-electron chi connectivity index (χ1n) is 5.83. The summed E-state index contributed by atoms with van der Waals surface area (Å²) in [7, 11) is -0.745. The lowest BCUT2D eigenvalue weighted by Gasteiger charge is -2.04. The Morgan fingerprint density at radius 1 is 1.31 bits per heavy atom. The zero-order valence-corrected chi connectivity index (χ0v) is 11.0. The molecule has 16 heavy (non-hydrogen) atoms. The van der Waals surface area contributed by atoms with Gasteiger partial charge < -0.3 is 5.32 Å². The molecule has 1 aromatic rings. The fourth-order valence-electron chi connectivity index (χ4n) is 1.55. The van der Waals surface area contributed by atoms with Crippen LogP contribution in [0.25, 0.3) is 0 Å². The molecule has 1 atom stereocenters. The van der Waals surface area contributed by atoms with Crippen LogP contribution in [0, 0.1) is 6.92 Å². The van der Waals surface area contributed by atoms with E-state index in [1.807, 2.05) is 12.1 Å². The SMILES string of the molecule is CCCNCCS(=O)Cc1cccc(C)c1. The van der Waals surface area contributed by atoms with Crippen LogP contribution >= 0.6 is 0 Å². The molecule has 0 saturated carbocycles. The summed E-state index contributed by atoms with van der Waals surface area (Å²) in [6.07, 6.45) is 1.13. The Bertz CT molecular complexity index is 338. The Morgan fingerprint density at radius 2 is 2.12 bits per heavy atom. The fraction of sp³-hybridized carbons (Fsp3) is 0.538. The lowest BCUT2D eigenvalue weighted by Crippen LogP contribution is -2.21. The van der Waals surface area contributed by atoms with Crippen molar-refractivity contribution in [3.8, 4) is 0 Å². The number of hydrogen-bond acceptors (Lipinski definition) is 2. The van der Waals surface area contributed by atoms with Crippen LogP contribution in [0.4, 0.5) is 0 Å². The van der Waals surface area contributed by atoms with E-state index in [-0.39, 0.29) is 0 Å². The molecule has 0 aliphatic heterocycles. The van der Waals surface area contributed by atoms with Crippen molar-refractivity contribution in [2.75, 3.05) is 18.8 Å². The minimum absolute atomic E-state index is 0.676. The molecule has 0 radical (unpaired) electrons. The summed E-state index contributed by atoms with van der Waals surface area (Å²) in [5.74, 6) is 1.42. The van der Waals surface area contributed by atoms with E-state index in [1.54, 1.807) is 0 Å². The quantitative estimate of drug-likeness (QED) is 0.739. The summed E-state index contributed by atoms with van der Waals surface area (Å²) in [6, 6.07) is 8.24. The highest BCUT2D eigenvalue weighted by Gasteiger charge is 2.01. The largest absolute Gasteiger partial charge is 0.316 e. The number of aryl methyl sites for hydroxylation is 1. The molecule has 0 spiro atoms. The van der Waals surface area contributed by atoms with Gasteiger partial charge in [-0.25, -0.2) is 0 Å². The van der Waals surface area contributed by atoms with Crippen LogP contribution < -0.4 is 5.32 Å². The van der Waals surface area contributed by atoms with Gasteiger partial charge in [-0.05, 0) is 25.5 Å². The Morgan fingerprint density at radius 3 is 2.81 bits per heavy atom. The third-order valence-corrected chi connectivity index (χ3v) is 3.66. The van der Waals surface area contributed by atoms with Crippen molar-refractivity contribution in [2.24, 2.45) is 0 Å². The first kappa shape index (κ1) is 13.4. The number of nitrogens with one attached hydrogen (secondary N) is 1. The molecule has 1 unspecified atom stereocenters. The molecule has 90 valence electrons. The summed E-state index contributed by atoms with van der Waals surface area (Å²) < 4.78 is 11.8. The van der Waals surface area contributed by atoms with Gasteiger partial charge in [0, 0.05) is 28.9 Å². The molecule has 1 rings (SSSR count). The van der Waals surface area contributed by atoms with Gasteiger partial charge in [-0.15, -0.1) is 0 Å². The maximum absolute atomic E-state index is 11.8. The third kappa shape index (κ3) is 5.42. The monoisotopic (exact) mass is 239 g/mol. The standard InChI is InChI=1S/C13H21NOS/c1-3-7-14-8-9-16(15)11-13-6-4-5-12(2)10-13/h4-6,10,14H,3,7-9,11H2,1-2H3. The van der Waals surface area contributed by atoms with Gasteiger partial charge in [0.15, 0.2) is 0 Å². The number of benzene rings is 1. The Balaban J connectivity index is 2.29. The minimum Gasteiger partial charge on any atom is -0.316 e. The van der Waals surface area contributed by atoms with Crippen LogP contribution in [-0.4, -0.2) is 23.1 Å². The van der Waals surface area contributed by atoms with Gasteiger partial charge in [-0.1, -0.05) is 36.8 Å². The zero-order valence-electron chi connectivity index (χ0n) is 10.2. The minimum atomic E-state index is -0.745.